The molecule has 1 fully saturated rings. The molecule has 0 saturated carbocycles. The Bertz CT molecular complexity index is 1200. The van der Waals surface area contributed by atoms with E-state index in [0.29, 0.717) is 53.3 Å². The molecule has 3 aromatic rings. The highest BCUT2D eigenvalue weighted by Gasteiger charge is 2.21. The van der Waals surface area contributed by atoms with Crippen LogP contribution in [0.5, 0.6) is 0 Å². The maximum absolute atomic E-state index is 13.4. The first-order valence-corrected chi connectivity index (χ1v) is 12.5. The SMILES string of the molecule is Cc1cc(C(=O)Nc2ccc(Cl)cc2)ccc1N(CCN1CCOCC1)C(=O)Nc1ccc(Cl)cc1. The minimum Gasteiger partial charge on any atom is -0.379 e. The van der Waals surface area contributed by atoms with Crippen molar-refractivity contribution >= 4 is 52.2 Å². The number of urea groups is 1. The summed E-state index contributed by atoms with van der Waals surface area (Å²) in [6.45, 7) is 6.11. The molecule has 9 heteroatoms. The largest absolute Gasteiger partial charge is 0.379 e. The molecular formula is C27H28Cl2N4O3. The zero-order valence-corrected chi connectivity index (χ0v) is 21.5. The van der Waals surface area contributed by atoms with E-state index < -0.39 is 0 Å². The molecule has 0 spiro atoms. The Kier molecular flexibility index (Phi) is 8.83. The summed E-state index contributed by atoms with van der Waals surface area (Å²) in [5, 5.41) is 7.02. The highest BCUT2D eigenvalue weighted by atomic mass is 35.5. The van der Waals surface area contributed by atoms with Crippen LogP contribution in [0.1, 0.15) is 15.9 Å². The molecule has 0 unspecified atom stereocenters. The summed E-state index contributed by atoms with van der Waals surface area (Å²) < 4.78 is 5.44. The number of anilines is 3. The lowest BCUT2D eigenvalue weighted by Crippen LogP contribution is -2.44. The van der Waals surface area contributed by atoms with E-state index in [-0.39, 0.29) is 11.9 Å². The Morgan fingerprint density at radius 3 is 2.06 bits per heavy atom. The third-order valence-electron chi connectivity index (χ3n) is 5.94. The predicted molar refractivity (Wildman–Crippen MR) is 146 cm³/mol. The van der Waals surface area contributed by atoms with Gasteiger partial charge in [0.05, 0.1) is 13.2 Å². The van der Waals surface area contributed by atoms with Crippen molar-refractivity contribution in [2.24, 2.45) is 0 Å². The van der Waals surface area contributed by atoms with E-state index in [0.717, 1.165) is 24.3 Å². The smallest absolute Gasteiger partial charge is 0.326 e. The van der Waals surface area contributed by atoms with Crippen LogP contribution in [0.25, 0.3) is 0 Å². The van der Waals surface area contributed by atoms with Crippen LogP contribution in [0, 0.1) is 6.92 Å². The Labute approximate surface area is 220 Å². The van der Waals surface area contributed by atoms with Crippen molar-refractivity contribution in [1.29, 1.82) is 0 Å². The van der Waals surface area contributed by atoms with Crippen LogP contribution in [0.2, 0.25) is 10.0 Å². The second-order valence-electron chi connectivity index (χ2n) is 8.50. The van der Waals surface area contributed by atoms with Gasteiger partial charge in [-0.25, -0.2) is 4.79 Å². The van der Waals surface area contributed by atoms with Gasteiger partial charge in [0.15, 0.2) is 0 Å². The zero-order valence-electron chi connectivity index (χ0n) is 20.0. The van der Waals surface area contributed by atoms with Crippen molar-refractivity contribution in [2.45, 2.75) is 6.92 Å². The highest BCUT2D eigenvalue weighted by Crippen LogP contribution is 2.24. The van der Waals surface area contributed by atoms with Crippen LogP contribution in [0.15, 0.2) is 66.7 Å². The number of nitrogens with zero attached hydrogens (tertiary/aromatic N) is 2. The maximum Gasteiger partial charge on any atom is 0.326 e. The molecule has 188 valence electrons. The molecule has 1 aliphatic heterocycles. The van der Waals surface area contributed by atoms with E-state index in [1.54, 1.807) is 65.6 Å². The molecule has 1 aliphatic rings. The first kappa shape index (κ1) is 26.0. The molecule has 0 radical (unpaired) electrons. The third-order valence-corrected chi connectivity index (χ3v) is 6.44. The van der Waals surface area contributed by atoms with Gasteiger partial charge in [-0.2, -0.15) is 0 Å². The van der Waals surface area contributed by atoms with Crippen LogP contribution in [-0.4, -0.2) is 56.2 Å². The minimum absolute atomic E-state index is 0.238. The zero-order chi connectivity index (χ0) is 25.5. The molecule has 1 saturated heterocycles. The topological polar surface area (TPSA) is 73.9 Å². The van der Waals surface area contributed by atoms with Crippen molar-refractivity contribution in [1.82, 2.24) is 4.90 Å². The van der Waals surface area contributed by atoms with E-state index in [9.17, 15) is 9.59 Å². The van der Waals surface area contributed by atoms with Crippen molar-refractivity contribution < 1.29 is 14.3 Å². The summed E-state index contributed by atoms with van der Waals surface area (Å²) in [5.41, 5.74) is 3.35. The normalized spacial score (nSPS) is 13.8. The number of amides is 3. The quantitative estimate of drug-likeness (QED) is 0.400. The van der Waals surface area contributed by atoms with Gasteiger partial charge in [0.2, 0.25) is 0 Å². The van der Waals surface area contributed by atoms with Crippen molar-refractivity contribution in [2.75, 3.05) is 54.9 Å². The fourth-order valence-corrected chi connectivity index (χ4v) is 4.21. The van der Waals surface area contributed by atoms with Crippen LogP contribution in [0.4, 0.5) is 21.9 Å². The Balaban J connectivity index is 1.52. The lowest BCUT2D eigenvalue weighted by atomic mass is 10.1. The number of hydrogen-bond donors (Lipinski definition) is 2. The summed E-state index contributed by atoms with van der Waals surface area (Å²) in [6, 6.07) is 19.0. The standard InChI is InChI=1S/C27H28Cl2N4O3/c1-19-18-20(26(34)30-23-7-3-21(28)4-8-23)2-11-25(19)33(13-12-32-14-16-36-17-15-32)27(35)31-24-9-5-22(29)6-10-24/h2-11,18H,12-17H2,1H3,(H,30,34)(H,31,35). The highest BCUT2D eigenvalue weighted by molar-refractivity contribution is 6.31. The average molecular weight is 527 g/mol. The monoisotopic (exact) mass is 526 g/mol. The molecule has 3 aromatic carbocycles. The summed E-state index contributed by atoms with van der Waals surface area (Å²) in [6.07, 6.45) is 0. The molecule has 3 amide bonds. The fraction of sp³-hybridized carbons (Fsp3) is 0.259. The van der Waals surface area contributed by atoms with E-state index >= 15 is 0 Å². The molecule has 0 aromatic heterocycles. The second kappa shape index (κ2) is 12.2. The molecule has 7 nitrogen and oxygen atoms in total. The van der Waals surface area contributed by atoms with Gasteiger partial charge in [0, 0.05) is 58.8 Å². The molecule has 1 heterocycles. The number of carbonyl (C=O) groups is 2. The molecule has 0 aliphatic carbocycles. The first-order valence-electron chi connectivity index (χ1n) is 11.7. The van der Waals surface area contributed by atoms with Gasteiger partial charge in [-0.05, 0) is 79.2 Å². The first-order chi connectivity index (χ1) is 17.4. The summed E-state index contributed by atoms with van der Waals surface area (Å²) in [4.78, 5) is 30.1. The van der Waals surface area contributed by atoms with E-state index in [4.69, 9.17) is 27.9 Å². The number of ether oxygens (including phenoxy) is 1. The summed E-state index contributed by atoms with van der Waals surface area (Å²) >= 11 is 11.9. The van der Waals surface area contributed by atoms with Gasteiger partial charge in [0.25, 0.3) is 5.91 Å². The van der Waals surface area contributed by atoms with Crippen molar-refractivity contribution in [3.05, 3.63) is 87.9 Å². The minimum atomic E-state index is -0.257. The van der Waals surface area contributed by atoms with Gasteiger partial charge < -0.3 is 15.4 Å². The van der Waals surface area contributed by atoms with Gasteiger partial charge >= 0.3 is 6.03 Å². The number of benzene rings is 3. The predicted octanol–water partition coefficient (Wildman–Crippen LogP) is 5.92. The molecule has 4 rings (SSSR count). The number of morpholine rings is 1. The number of rotatable bonds is 7. The molecule has 0 bridgehead atoms. The van der Waals surface area contributed by atoms with Crippen LogP contribution >= 0.6 is 23.2 Å². The lowest BCUT2D eigenvalue weighted by Gasteiger charge is -2.31. The van der Waals surface area contributed by atoms with Crippen molar-refractivity contribution in [3.63, 3.8) is 0 Å². The van der Waals surface area contributed by atoms with Crippen LogP contribution in [0.3, 0.4) is 0 Å². The molecule has 36 heavy (non-hydrogen) atoms. The number of carbonyl (C=O) groups excluding carboxylic acids is 2. The number of aryl methyl sites for hydroxylation is 1. The van der Waals surface area contributed by atoms with Gasteiger partial charge in [-0.1, -0.05) is 23.2 Å². The number of hydrogen-bond acceptors (Lipinski definition) is 4. The van der Waals surface area contributed by atoms with Crippen LogP contribution in [-0.2, 0) is 4.74 Å². The average Bonchev–Trinajstić information content (AvgIpc) is 2.88. The van der Waals surface area contributed by atoms with Gasteiger partial charge in [0.1, 0.15) is 0 Å². The Morgan fingerprint density at radius 2 is 1.47 bits per heavy atom. The molecular weight excluding hydrogens is 499 g/mol. The fourth-order valence-electron chi connectivity index (χ4n) is 3.96. The number of halogens is 2. The summed E-state index contributed by atoms with van der Waals surface area (Å²) in [5.74, 6) is -0.238. The van der Waals surface area contributed by atoms with E-state index in [1.165, 1.54) is 0 Å². The van der Waals surface area contributed by atoms with Crippen molar-refractivity contribution in [3.8, 4) is 0 Å². The molecule has 2 N–H and O–H groups in total. The second-order valence-corrected chi connectivity index (χ2v) is 9.38. The third kappa shape index (κ3) is 6.98. The Hall–Kier alpha value is -3.10. The Morgan fingerprint density at radius 1 is 0.889 bits per heavy atom. The molecule has 0 atom stereocenters. The van der Waals surface area contributed by atoms with Gasteiger partial charge in [-0.3, -0.25) is 14.6 Å². The van der Waals surface area contributed by atoms with Gasteiger partial charge in [-0.15, -0.1) is 0 Å². The summed E-state index contributed by atoms with van der Waals surface area (Å²) in [7, 11) is 0. The number of nitrogens with one attached hydrogen (secondary N) is 2. The lowest BCUT2D eigenvalue weighted by molar-refractivity contribution is 0.0393. The van der Waals surface area contributed by atoms with E-state index in [2.05, 4.69) is 15.5 Å². The van der Waals surface area contributed by atoms with Crippen LogP contribution < -0.4 is 15.5 Å². The van der Waals surface area contributed by atoms with E-state index in [1.807, 2.05) is 13.0 Å². The maximum atomic E-state index is 13.4.